The molecule has 1 aromatic rings. The van der Waals surface area contributed by atoms with E-state index in [1.165, 1.54) is 13.2 Å². The van der Waals surface area contributed by atoms with Gasteiger partial charge in [-0.25, -0.2) is 4.79 Å². The third kappa shape index (κ3) is 2.06. The summed E-state index contributed by atoms with van der Waals surface area (Å²) in [6.45, 7) is 0.0295. The van der Waals surface area contributed by atoms with Crippen molar-refractivity contribution >= 4 is 5.97 Å². The summed E-state index contributed by atoms with van der Waals surface area (Å²) in [4.78, 5) is 11.6. The molecule has 1 aliphatic rings. The van der Waals surface area contributed by atoms with Crippen molar-refractivity contribution < 1.29 is 24.9 Å². The van der Waals surface area contributed by atoms with Gasteiger partial charge in [-0.2, -0.15) is 0 Å². The van der Waals surface area contributed by atoms with Crippen LogP contribution in [0.4, 0.5) is 0 Å². The molecule has 0 bridgehead atoms. The fourth-order valence-electron chi connectivity index (χ4n) is 2.08. The number of esters is 1. The van der Waals surface area contributed by atoms with Crippen LogP contribution < -0.4 is 0 Å². The second kappa shape index (κ2) is 4.25. The first kappa shape index (κ1) is 11.7. The number of benzene rings is 1. The highest BCUT2D eigenvalue weighted by molar-refractivity contribution is 5.94. The molecule has 1 aromatic carbocycles. The van der Waals surface area contributed by atoms with Crippen molar-refractivity contribution in [3.05, 3.63) is 23.3 Å². The molecule has 0 radical (unpaired) electrons. The van der Waals surface area contributed by atoms with Crippen LogP contribution >= 0.6 is 0 Å². The van der Waals surface area contributed by atoms with Gasteiger partial charge in [0.25, 0.3) is 0 Å². The predicted molar refractivity (Wildman–Crippen MR) is 59.0 cm³/mol. The zero-order chi connectivity index (χ0) is 12.6. The lowest BCUT2D eigenvalue weighted by atomic mass is 10.0. The minimum Gasteiger partial charge on any atom is -0.508 e. The molecule has 1 aliphatic carbocycles. The first-order chi connectivity index (χ1) is 8.08. The van der Waals surface area contributed by atoms with Crippen LogP contribution in [0, 0.1) is 5.92 Å². The Kier molecular flexibility index (Phi) is 2.93. The summed E-state index contributed by atoms with van der Waals surface area (Å²) in [6, 6.07) is 2.54. The molecule has 17 heavy (non-hydrogen) atoms. The highest BCUT2D eigenvalue weighted by Crippen LogP contribution is 2.50. The maximum absolute atomic E-state index is 11.6. The summed E-state index contributed by atoms with van der Waals surface area (Å²) >= 11 is 0. The molecule has 0 aromatic heterocycles. The van der Waals surface area contributed by atoms with E-state index in [0.29, 0.717) is 5.56 Å². The lowest BCUT2D eigenvalue weighted by Gasteiger charge is -2.10. The van der Waals surface area contributed by atoms with E-state index in [1.807, 2.05) is 0 Å². The van der Waals surface area contributed by atoms with Crippen molar-refractivity contribution in [1.82, 2.24) is 0 Å². The first-order valence-corrected chi connectivity index (χ1v) is 5.33. The summed E-state index contributed by atoms with van der Waals surface area (Å²) in [7, 11) is 1.23. The molecule has 0 heterocycles. The summed E-state index contributed by atoms with van der Waals surface area (Å²) in [5, 5.41) is 28.1. The number of aliphatic hydroxyl groups is 1. The Bertz CT molecular complexity index is 454. The van der Waals surface area contributed by atoms with E-state index < -0.39 is 5.97 Å². The molecule has 5 nitrogen and oxygen atoms in total. The third-order valence-electron chi connectivity index (χ3n) is 3.08. The molecule has 1 saturated carbocycles. The van der Waals surface area contributed by atoms with Crippen molar-refractivity contribution in [3.8, 4) is 11.5 Å². The fraction of sp³-hybridized carbons (Fsp3) is 0.417. The van der Waals surface area contributed by atoms with Gasteiger partial charge in [0, 0.05) is 12.7 Å². The molecule has 5 heteroatoms. The maximum atomic E-state index is 11.6. The van der Waals surface area contributed by atoms with Crippen molar-refractivity contribution in [2.24, 2.45) is 5.92 Å². The lowest BCUT2D eigenvalue weighted by molar-refractivity contribution is 0.0596. The van der Waals surface area contributed by atoms with Crippen LogP contribution in [0.5, 0.6) is 11.5 Å². The SMILES string of the molecule is COC(=O)c1c(O)cc(O)cc1[C@H]1C[C@H]1CO. The molecule has 0 saturated heterocycles. The highest BCUT2D eigenvalue weighted by Gasteiger charge is 2.41. The molecule has 0 unspecified atom stereocenters. The number of aromatic hydroxyl groups is 2. The molecular weight excluding hydrogens is 224 g/mol. The van der Waals surface area contributed by atoms with Gasteiger partial charge in [-0.1, -0.05) is 0 Å². The second-order valence-electron chi connectivity index (χ2n) is 4.21. The monoisotopic (exact) mass is 238 g/mol. The average Bonchev–Trinajstić information content (AvgIpc) is 3.06. The molecule has 92 valence electrons. The second-order valence-corrected chi connectivity index (χ2v) is 4.21. The van der Waals surface area contributed by atoms with Crippen LogP contribution in [0.3, 0.4) is 0 Å². The van der Waals surface area contributed by atoms with Crippen molar-refractivity contribution in [1.29, 1.82) is 0 Å². The van der Waals surface area contributed by atoms with Crippen molar-refractivity contribution in [2.75, 3.05) is 13.7 Å². The summed E-state index contributed by atoms with van der Waals surface area (Å²) in [6.07, 6.45) is 0.739. The zero-order valence-electron chi connectivity index (χ0n) is 9.38. The van der Waals surface area contributed by atoms with Gasteiger partial charge in [0.1, 0.15) is 17.1 Å². The standard InChI is InChI=1S/C12H14O5/c1-17-12(16)11-9(8-2-6(8)5-13)3-7(14)4-10(11)15/h3-4,6,8,13-15H,2,5H2,1H3/t6-,8-/m0/s1. The van der Waals surface area contributed by atoms with E-state index >= 15 is 0 Å². The number of rotatable bonds is 3. The maximum Gasteiger partial charge on any atom is 0.341 e. The number of aliphatic hydroxyl groups excluding tert-OH is 1. The number of hydrogen-bond acceptors (Lipinski definition) is 5. The Morgan fingerprint density at radius 3 is 2.71 bits per heavy atom. The quantitative estimate of drug-likeness (QED) is 0.683. The predicted octanol–water partition coefficient (Wildman–Crippen LogP) is 0.980. The van der Waals surface area contributed by atoms with Gasteiger partial charge < -0.3 is 20.1 Å². The molecular formula is C12H14O5. The molecule has 3 N–H and O–H groups in total. The van der Waals surface area contributed by atoms with E-state index in [4.69, 9.17) is 5.11 Å². The molecule has 0 spiro atoms. The summed E-state index contributed by atoms with van der Waals surface area (Å²) in [5.74, 6) is -0.961. The topological polar surface area (TPSA) is 87.0 Å². The van der Waals surface area contributed by atoms with Crippen LogP contribution in [0.1, 0.15) is 28.3 Å². The minimum atomic E-state index is -0.638. The molecule has 2 atom stereocenters. The van der Waals surface area contributed by atoms with Gasteiger partial charge in [0.2, 0.25) is 0 Å². The van der Waals surface area contributed by atoms with Gasteiger partial charge in [0.05, 0.1) is 7.11 Å². The summed E-state index contributed by atoms with van der Waals surface area (Å²) < 4.78 is 4.60. The van der Waals surface area contributed by atoms with Gasteiger partial charge in [0.15, 0.2) is 0 Å². The van der Waals surface area contributed by atoms with E-state index in [-0.39, 0.29) is 35.5 Å². The van der Waals surface area contributed by atoms with Crippen LogP contribution in [0.15, 0.2) is 12.1 Å². The van der Waals surface area contributed by atoms with E-state index in [0.717, 1.165) is 12.5 Å². The number of carbonyl (C=O) groups excluding carboxylic acids is 1. The molecule has 0 aliphatic heterocycles. The Morgan fingerprint density at radius 2 is 2.18 bits per heavy atom. The highest BCUT2D eigenvalue weighted by atomic mass is 16.5. The Morgan fingerprint density at radius 1 is 1.47 bits per heavy atom. The Labute approximate surface area is 98.3 Å². The first-order valence-electron chi connectivity index (χ1n) is 5.33. The Balaban J connectivity index is 2.45. The van der Waals surface area contributed by atoms with Gasteiger partial charge in [-0.3, -0.25) is 0 Å². The number of ether oxygens (including phenoxy) is 1. The van der Waals surface area contributed by atoms with E-state index in [1.54, 1.807) is 0 Å². The van der Waals surface area contributed by atoms with E-state index in [9.17, 15) is 15.0 Å². The Hall–Kier alpha value is -1.75. The lowest BCUT2D eigenvalue weighted by Crippen LogP contribution is -2.06. The van der Waals surface area contributed by atoms with Crippen LogP contribution in [0.2, 0.25) is 0 Å². The number of methoxy groups -OCH3 is 1. The van der Waals surface area contributed by atoms with E-state index in [2.05, 4.69) is 4.74 Å². The largest absolute Gasteiger partial charge is 0.508 e. The molecule has 0 amide bonds. The summed E-state index contributed by atoms with van der Waals surface area (Å²) in [5.41, 5.74) is 0.611. The number of hydrogen-bond donors (Lipinski definition) is 3. The number of carbonyl (C=O) groups is 1. The van der Waals surface area contributed by atoms with Crippen molar-refractivity contribution in [3.63, 3.8) is 0 Å². The number of phenols is 2. The van der Waals surface area contributed by atoms with Gasteiger partial charge in [-0.15, -0.1) is 0 Å². The normalized spacial score (nSPS) is 22.2. The van der Waals surface area contributed by atoms with Gasteiger partial charge >= 0.3 is 5.97 Å². The fourth-order valence-corrected chi connectivity index (χ4v) is 2.08. The minimum absolute atomic E-state index is 0.00731. The number of phenolic OH excluding ortho intramolecular Hbond substituents is 2. The molecule has 1 fully saturated rings. The van der Waals surface area contributed by atoms with Crippen LogP contribution in [0.25, 0.3) is 0 Å². The van der Waals surface area contributed by atoms with Crippen molar-refractivity contribution in [2.45, 2.75) is 12.3 Å². The van der Waals surface area contributed by atoms with Crippen LogP contribution in [-0.2, 0) is 4.74 Å². The molecule has 2 rings (SSSR count). The average molecular weight is 238 g/mol. The zero-order valence-corrected chi connectivity index (χ0v) is 9.38. The van der Waals surface area contributed by atoms with Crippen LogP contribution in [-0.4, -0.2) is 35.0 Å². The third-order valence-corrected chi connectivity index (χ3v) is 3.08. The smallest absolute Gasteiger partial charge is 0.341 e. The van der Waals surface area contributed by atoms with Gasteiger partial charge in [-0.05, 0) is 29.9 Å².